The van der Waals surface area contributed by atoms with Crippen molar-refractivity contribution in [3.05, 3.63) is 0 Å². The Morgan fingerprint density at radius 2 is 1.89 bits per heavy atom. The number of rotatable bonds is 7. The maximum Gasteiger partial charge on any atom is 0.490 e. The van der Waals surface area contributed by atoms with Gasteiger partial charge in [0.1, 0.15) is 6.61 Å². The zero-order chi connectivity index (χ0) is 14.4. The van der Waals surface area contributed by atoms with Crippen LogP contribution >= 0.6 is 0 Å². The standard InChI is InChI=1S/C12H21F3O3/c1-4-5-6-11(2,3)7-9(16)8-18-10(17)12(13,14)15/h9,16H,4-8H2,1-3H3. The number of alkyl halides is 3. The van der Waals surface area contributed by atoms with Crippen LogP contribution in [0.25, 0.3) is 0 Å². The van der Waals surface area contributed by atoms with Crippen LogP contribution < -0.4 is 0 Å². The van der Waals surface area contributed by atoms with Crippen molar-refractivity contribution in [2.75, 3.05) is 6.61 Å². The van der Waals surface area contributed by atoms with Crippen LogP contribution in [0, 0.1) is 5.41 Å². The van der Waals surface area contributed by atoms with Crippen molar-refractivity contribution in [1.29, 1.82) is 0 Å². The molecule has 0 amide bonds. The van der Waals surface area contributed by atoms with Gasteiger partial charge in [0.25, 0.3) is 0 Å². The Bertz CT molecular complexity index is 262. The lowest BCUT2D eigenvalue weighted by Gasteiger charge is -2.27. The summed E-state index contributed by atoms with van der Waals surface area (Å²) in [6, 6.07) is 0. The van der Waals surface area contributed by atoms with E-state index >= 15 is 0 Å². The molecule has 0 aromatic rings. The zero-order valence-electron chi connectivity index (χ0n) is 11.0. The van der Waals surface area contributed by atoms with E-state index in [1.807, 2.05) is 20.8 Å². The van der Waals surface area contributed by atoms with Crippen molar-refractivity contribution in [3.63, 3.8) is 0 Å². The van der Waals surface area contributed by atoms with Crippen molar-refractivity contribution >= 4 is 5.97 Å². The first kappa shape index (κ1) is 17.2. The molecule has 0 fully saturated rings. The molecule has 0 heterocycles. The Morgan fingerprint density at radius 3 is 2.33 bits per heavy atom. The smallest absolute Gasteiger partial charge is 0.456 e. The summed E-state index contributed by atoms with van der Waals surface area (Å²) in [5.41, 5.74) is -0.180. The predicted octanol–water partition coefficient (Wildman–Crippen LogP) is 3.06. The first-order valence-corrected chi connectivity index (χ1v) is 6.00. The number of esters is 1. The number of halogens is 3. The van der Waals surface area contributed by atoms with Crippen LogP contribution in [0.3, 0.4) is 0 Å². The maximum absolute atomic E-state index is 11.8. The Hall–Kier alpha value is -0.780. The average molecular weight is 270 g/mol. The number of hydrogen-bond acceptors (Lipinski definition) is 3. The van der Waals surface area contributed by atoms with Gasteiger partial charge in [0.2, 0.25) is 0 Å². The van der Waals surface area contributed by atoms with Crippen LogP contribution in [0.1, 0.15) is 46.5 Å². The number of aliphatic hydroxyl groups excluding tert-OH is 1. The molecule has 0 spiro atoms. The molecule has 1 atom stereocenters. The second-order valence-electron chi connectivity index (χ2n) is 5.22. The average Bonchev–Trinajstić information content (AvgIpc) is 2.21. The number of unbranched alkanes of at least 4 members (excludes halogenated alkanes) is 1. The fraction of sp³-hybridized carbons (Fsp3) is 0.917. The fourth-order valence-corrected chi connectivity index (χ4v) is 1.71. The van der Waals surface area contributed by atoms with Gasteiger partial charge in [-0.25, -0.2) is 4.79 Å². The summed E-state index contributed by atoms with van der Waals surface area (Å²) in [4.78, 5) is 10.4. The van der Waals surface area contributed by atoms with Crippen molar-refractivity contribution in [2.45, 2.75) is 58.7 Å². The molecule has 0 aliphatic rings. The van der Waals surface area contributed by atoms with E-state index in [1.54, 1.807) is 0 Å². The van der Waals surface area contributed by atoms with E-state index in [-0.39, 0.29) is 5.41 Å². The third-order valence-corrected chi connectivity index (χ3v) is 2.63. The molecule has 0 radical (unpaired) electrons. The van der Waals surface area contributed by atoms with E-state index in [1.165, 1.54) is 0 Å². The largest absolute Gasteiger partial charge is 0.490 e. The molecule has 0 saturated heterocycles. The van der Waals surface area contributed by atoms with Gasteiger partial charge < -0.3 is 9.84 Å². The van der Waals surface area contributed by atoms with Crippen molar-refractivity contribution in [2.24, 2.45) is 5.41 Å². The highest BCUT2D eigenvalue weighted by Gasteiger charge is 2.41. The molecule has 108 valence electrons. The second kappa shape index (κ2) is 6.97. The molecule has 1 N–H and O–H groups in total. The number of carbonyl (C=O) groups is 1. The Morgan fingerprint density at radius 1 is 1.33 bits per heavy atom. The monoisotopic (exact) mass is 270 g/mol. The summed E-state index contributed by atoms with van der Waals surface area (Å²) in [6.45, 7) is 5.28. The van der Waals surface area contributed by atoms with E-state index < -0.39 is 24.9 Å². The molecular weight excluding hydrogens is 249 g/mol. The second-order valence-corrected chi connectivity index (χ2v) is 5.22. The quantitative estimate of drug-likeness (QED) is 0.723. The van der Waals surface area contributed by atoms with Gasteiger partial charge in [0.05, 0.1) is 6.10 Å². The maximum atomic E-state index is 11.8. The number of hydrogen-bond donors (Lipinski definition) is 1. The normalized spacial score (nSPS) is 14.4. The Kier molecular flexibility index (Phi) is 6.67. The topological polar surface area (TPSA) is 46.5 Å². The molecule has 0 rings (SSSR count). The van der Waals surface area contributed by atoms with Crippen LogP contribution in [0.5, 0.6) is 0 Å². The van der Waals surface area contributed by atoms with Crippen LogP contribution in [0.2, 0.25) is 0 Å². The highest BCUT2D eigenvalue weighted by atomic mass is 19.4. The van der Waals surface area contributed by atoms with E-state index in [2.05, 4.69) is 4.74 Å². The highest BCUT2D eigenvalue weighted by Crippen LogP contribution is 2.29. The number of carbonyl (C=O) groups excluding carboxylic acids is 1. The molecule has 0 aromatic heterocycles. The summed E-state index contributed by atoms with van der Waals surface area (Å²) in [7, 11) is 0. The van der Waals surface area contributed by atoms with Gasteiger partial charge in [-0.1, -0.05) is 33.6 Å². The van der Waals surface area contributed by atoms with Gasteiger partial charge >= 0.3 is 12.1 Å². The molecule has 0 saturated carbocycles. The summed E-state index contributed by atoms with van der Waals surface area (Å²) < 4.78 is 39.5. The number of ether oxygens (including phenoxy) is 1. The van der Waals surface area contributed by atoms with Gasteiger partial charge in [-0.2, -0.15) is 13.2 Å². The summed E-state index contributed by atoms with van der Waals surface area (Å²) in [5, 5.41) is 9.55. The molecule has 6 heteroatoms. The fourth-order valence-electron chi connectivity index (χ4n) is 1.71. The lowest BCUT2D eigenvalue weighted by molar-refractivity contribution is -0.202. The molecular formula is C12H21F3O3. The van der Waals surface area contributed by atoms with E-state index in [9.17, 15) is 23.1 Å². The minimum absolute atomic E-state index is 0.180. The third-order valence-electron chi connectivity index (χ3n) is 2.63. The van der Waals surface area contributed by atoms with Gasteiger partial charge in [-0.15, -0.1) is 0 Å². The van der Waals surface area contributed by atoms with E-state index in [0.29, 0.717) is 6.42 Å². The van der Waals surface area contributed by atoms with E-state index in [0.717, 1.165) is 19.3 Å². The van der Waals surface area contributed by atoms with Gasteiger partial charge in [0.15, 0.2) is 0 Å². The van der Waals surface area contributed by atoms with Gasteiger partial charge in [-0.3, -0.25) is 0 Å². The minimum atomic E-state index is -5.00. The van der Waals surface area contributed by atoms with Crippen LogP contribution in [-0.4, -0.2) is 30.0 Å². The summed E-state index contributed by atoms with van der Waals surface area (Å²) in [6.07, 6.45) is -2.89. The van der Waals surface area contributed by atoms with Gasteiger partial charge in [-0.05, 0) is 18.3 Å². The van der Waals surface area contributed by atoms with Crippen molar-refractivity contribution < 1.29 is 27.8 Å². The third kappa shape index (κ3) is 7.53. The molecule has 0 bridgehead atoms. The lowest BCUT2D eigenvalue weighted by atomic mass is 9.82. The van der Waals surface area contributed by atoms with Gasteiger partial charge in [0, 0.05) is 0 Å². The highest BCUT2D eigenvalue weighted by molar-refractivity contribution is 5.75. The predicted molar refractivity (Wildman–Crippen MR) is 60.9 cm³/mol. The molecule has 18 heavy (non-hydrogen) atoms. The molecule has 1 unspecified atom stereocenters. The molecule has 0 aromatic carbocycles. The summed E-state index contributed by atoms with van der Waals surface area (Å²) >= 11 is 0. The first-order valence-electron chi connectivity index (χ1n) is 6.00. The van der Waals surface area contributed by atoms with Crippen molar-refractivity contribution in [3.8, 4) is 0 Å². The summed E-state index contributed by atoms with van der Waals surface area (Å²) in [5.74, 6) is -2.26. The number of aliphatic hydroxyl groups is 1. The van der Waals surface area contributed by atoms with Crippen LogP contribution in [0.4, 0.5) is 13.2 Å². The van der Waals surface area contributed by atoms with Crippen LogP contribution in [-0.2, 0) is 9.53 Å². The Labute approximate surface area is 105 Å². The van der Waals surface area contributed by atoms with Crippen molar-refractivity contribution in [1.82, 2.24) is 0 Å². The van der Waals surface area contributed by atoms with E-state index in [4.69, 9.17) is 0 Å². The lowest BCUT2D eigenvalue weighted by Crippen LogP contribution is -2.31. The van der Waals surface area contributed by atoms with Crippen LogP contribution in [0.15, 0.2) is 0 Å². The molecule has 0 aliphatic heterocycles. The SMILES string of the molecule is CCCCC(C)(C)CC(O)COC(=O)C(F)(F)F. The molecule has 0 aliphatic carbocycles. The Balaban J connectivity index is 4.04. The first-order chi connectivity index (χ1) is 8.08. The molecule has 3 nitrogen and oxygen atoms in total. The minimum Gasteiger partial charge on any atom is -0.456 e. The zero-order valence-corrected chi connectivity index (χ0v) is 11.0.